The van der Waals surface area contributed by atoms with E-state index in [1.165, 1.54) is 0 Å². The van der Waals surface area contributed by atoms with Crippen LogP contribution in [0, 0.1) is 6.92 Å². The second kappa shape index (κ2) is 4.49. The van der Waals surface area contributed by atoms with Crippen LogP contribution >= 0.6 is 0 Å². The first-order valence-corrected chi connectivity index (χ1v) is 6.63. The van der Waals surface area contributed by atoms with Crippen LogP contribution in [0.5, 0.6) is 0 Å². The molecule has 0 amide bonds. The molecule has 1 aliphatic carbocycles. The Morgan fingerprint density at radius 1 is 1.37 bits per heavy atom. The van der Waals surface area contributed by atoms with Crippen LogP contribution in [0.4, 0.5) is 8.78 Å². The van der Waals surface area contributed by atoms with Crippen molar-refractivity contribution in [1.82, 2.24) is 19.7 Å². The summed E-state index contributed by atoms with van der Waals surface area (Å²) in [7, 11) is 0. The predicted octanol–water partition coefficient (Wildman–Crippen LogP) is 1.12. The third-order valence-electron chi connectivity index (χ3n) is 3.89. The average molecular weight is 272 g/mol. The number of nitrogens with zero attached hydrogens (tertiary/aromatic N) is 4. The Morgan fingerprint density at radius 2 is 2.11 bits per heavy atom. The van der Waals surface area contributed by atoms with Gasteiger partial charge in [-0.1, -0.05) is 0 Å². The number of alkyl halides is 2. The van der Waals surface area contributed by atoms with Crippen molar-refractivity contribution in [2.45, 2.75) is 50.7 Å². The highest BCUT2D eigenvalue weighted by molar-refractivity contribution is 5.03. The molecule has 1 N–H and O–H groups in total. The maximum Gasteiger partial charge on any atom is 0.262 e. The number of rotatable bonds is 4. The summed E-state index contributed by atoms with van der Waals surface area (Å²) in [6.07, 6.45) is 1.93. The van der Waals surface area contributed by atoms with E-state index in [1.54, 1.807) is 4.90 Å². The predicted molar refractivity (Wildman–Crippen MR) is 63.9 cm³/mol. The zero-order valence-electron chi connectivity index (χ0n) is 10.9. The normalized spacial score (nSPS) is 27.1. The minimum atomic E-state index is -2.72. The highest BCUT2D eigenvalue weighted by Gasteiger charge is 2.45. The maximum atomic E-state index is 13.4. The Balaban J connectivity index is 1.77. The largest absolute Gasteiger partial charge is 0.395 e. The van der Waals surface area contributed by atoms with Crippen molar-refractivity contribution in [1.29, 1.82) is 0 Å². The lowest BCUT2D eigenvalue weighted by Gasteiger charge is -2.21. The summed E-state index contributed by atoms with van der Waals surface area (Å²) in [6, 6.07) is -0.0552. The van der Waals surface area contributed by atoms with E-state index in [9.17, 15) is 13.9 Å². The summed E-state index contributed by atoms with van der Waals surface area (Å²) >= 11 is 0. The van der Waals surface area contributed by atoms with Gasteiger partial charge in [-0.3, -0.25) is 4.90 Å². The second-order valence-electron chi connectivity index (χ2n) is 5.57. The van der Waals surface area contributed by atoms with E-state index < -0.39 is 12.0 Å². The summed E-state index contributed by atoms with van der Waals surface area (Å²) in [5.41, 5.74) is 0. The van der Waals surface area contributed by atoms with Gasteiger partial charge in [0.15, 0.2) is 0 Å². The molecule has 1 aromatic rings. The smallest absolute Gasteiger partial charge is 0.262 e. The molecule has 1 aromatic heterocycles. The summed E-state index contributed by atoms with van der Waals surface area (Å²) in [6.45, 7) is 1.66. The Morgan fingerprint density at radius 3 is 2.74 bits per heavy atom. The minimum Gasteiger partial charge on any atom is -0.395 e. The van der Waals surface area contributed by atoms with Crippen molar-refractivity contribution < 1.29 is 13.9 Å². The molecule has 1 aliphatic heterocycles. The molecule has 1 saturated carbocycles. The Bertz CT molecular complexity index is 472. The molecule has 3 rings (SSSR count). The van der Waals surface area contributed by atoms with Crippen molar-refractivity contribution in [2.75, 3.05) is 13.2 Å². The molecule has 1 unspecified atom stereocenters. The Labute approximate surface area is 110 Å². The number of aromatic nitrogens is 3. The zero-order chi connectivity index (χ0) is 13.6. The molecule has 7 heteroatoms. The van der Waals surface area contributed by atoms with E-state index in [2.05, 4.69) is 10.2 Å². The molecule has 1 saturated heterocycles. The van der Waals surface area contributed by atoms with E-state index >= 15 is 0 Å². The number of hydrogen-bond donors (Lipinski definition) is 1. The first-order valence-electron chi connectivity index (χ1n) is 6.63. The van der Waals surface area contributed by atoms with Gasteiger partial charge in [0.2, 0.25) is 0 Å². The summed E-state index contributed by atoms with van der Waals surface area (Å²) in [5, 5.41) is 17.4. The molecular weight excluding hydrogens is 254 g/mol. The fourth-order valence-electron chi connectivity index (χ4n) is 2.84. The van der Waals surface area contributed by atoms with Crippen LogP contribution in [0.15, 0.2) is 0 Å². The number of halogens is 2. The third-order valence-corrected chi connectivity index (χ3v) is 3.89. The maximum absolute atomic E-state index is 13.4. The van der Waals surface area contributed by atoms with Crippen LogP contribution in [-0.4, -0.2) is 49.9 Å². The van der Waals surface area contributed by atoms with Crippen LogP contribution in [-0.2, 0) is 6.54 Å². The standard InChI is InChI=1S/C12H18F2N4O/c1-8-15-16-11(18(8)9-2-3-9)5-17-7-12(13,14)4-10(17)6-19/h9-10,19H,2-7H2,1H3. The summed E-state index contributed by atoms with van der Waals surface area (Å²) in [4.78, 5) is 1.61. The van der Waals surface area contributed by atoms with Gasteiger partial charge in [-0.05, 0) is 19.8 Å². The lowest BCUT2D eigenvalue weighted by molar-refractivity contribution is 0.0109. The van der Waals surface area contributed by atoms with Crippen LogP contribution in [0.2, 0.25) is 0 Å². The molecule has 2 aliphatic rings. The van der Waals surface area contributed by atoms with Gasteiger partial charge in [-0.25, -0.2) is 8.78 Å². The second-order valence-corrected chi connectivity index (χ2v) is 5.57. The zero-order valence-corrected chi connectivity index (χ0v) is 10.9. The molecule has 2 fully saturated rings. The highest BCUT2D eigenvalue weighted by Crippen LogP contribution is 2.38. The van der Waals surface area contributed by atoms with Gasteiger partial charge < -0.3 is 9.67 Å². The molecule has 1 atom stereocenters. The monoisotopic (exact) mass is 272 g/mol. The van der Waals surface area contributed by atoms with Gasteiger partial charge in [0.25, 0.3) is 5.92 Å². The molecule has 0 bridgehead atoms. The quantitative estimate of drug-likeness (QED) is 0.892. The molecule has 0 spiro atoms. The molecular formula is C12H18F2N4O. The molecule has 106 valence electrons. The van der Waals surface area contributed by atoms with Gasteiger partial charge in [0, 0.05) is 18.5 Å². The summed E-state index contributed by atoms with van der Waals surface area (Å²) < 4.78 is 28.9. The third kappa shape index (κ3) is 2.49. The van der Waals surface area contributed by atoms with Gasteiger partial charge in [-0.15, -0.1) is 10.2 Å². The molecule has 2 heterocycles. The van der Waals surface area contributed by atoms with Crippen LogP contribution in [0.3, 0.4) is 0 Å². The van der Waals surface area contributed by atoms with Crippen LogP contribution < -0.4 is 0 Å². The topological polar surface area (TPSA) is 54.2 Å². The molecule has 19 heavy (non-hydrogen) atoms. The fourth-order valence-corrected chi connectivity index (χ4v) is 2.84. The first-order chi connectivity index (χ1) is 9.00. The van der Waals surface area contributed by atoms with Crippen molar-refractivity contribution in [3.05, 3.63) is 11.6 Å². The number of aryl methyl sites for hydroxylation is 1. The Kier molecular flexibility index (Phi) is 3.05. The lowest BCUT2D eigenvalue weighted by Crippen LogP contribution is -2.33. The van der Waals surface area contributed by atoms with E-state index in [0.717, 1.165) is 24.5 Å². The minimum absolute atomic E-state index is 0.244. The van der Waals surface area contributed by atoms with Crippen molar-refractivity contribution in [3.63, 3.8) is 0 Å². The van der Waals surface area contributed by atoms with Crippen LogP contribution in [0.25, 0.3) is 0 Å². The SMILES string of the molecule is Cc1nnc(CN2CC(F)(F)CC2CO)n1C1CC1. The van der Waals surface area contributed by atoms with Crippen molar-refractivity contribution in [3.8, 4) is 0 Å². The molecule has 0 radical (unpaired) electrons. The van der Waals surface area contributed by atoms with Gasteiger partial charge in [0.05, 0.1) is 19.7 Å². The number of likely N-dealkylation sites (tertiary alicyclic amines) is 1. The fraction of sp³-hybridized carbons (Fsp3) is 0.833. The highest BCUT2D eigenvalue weighted by atomic mass is 19.3. The Hall–Kier alpha value is -1.08. The number of aliphatic hydroxyl groups excluding tert-OH is 1. The van der Waals surface area contributed by atoms with E-state index in [4.69, 9.17) is 0 Å². The van der Waals surface area contributed by atoms with Gasteiger partial charge in [0.1, 0.15) is 11.6 Å². The van der Waals surface area contributed by atoms with E-state index in [1.807, 2.05) is 11.5 Å². The van der Waals surface area contributed by atoms with Crippen molar-refractivity contribution in [2.24, 2.45) is 0 Å². The molecule has 5 nitrogen and oxygen atoms in total. The van der Waals surface area contributed by atoms with Gasteiger partial charge >= 0.3 is 0 Å². The van der Waals surface area contributed by atoms with E-state index in [0.29, 0.717) is 12.6 Å². The first kappa shape index (κ1) is 12.9. The number of aliphatic hydroxyl groups is 1. The van der Waals surface area contributed by atoms with Gasteiger partial charge in [-0.2, -0.15) is 0 Å². The average Bonchev–Trinajstić information content (AvgIpc) is 3.04. The molecule has 0 aromatic carbocycles. The summed E-state index contributed by atoms with van der Waals surface area (Å²) in [5.74, 6) is -1.15. The van der Waals surface area contributed by atoms with Crippen molar-refractivity contribution >= 4 is 0 Å². The lowest BCUT2D eigenvalue weighted by atomic mass is 10.2. The number of hydrogen-bond acceptors (Lipinski definition) is 4. The van der Waals surface area contributed by atoms with E-state index in [-0.39, 0.29) is 19.6 Å². The van der Waals surface area contributed by atoms with Crippen LogP contribution in [0.1, 0.15) is 37.0 Å².